The molecule has 2 heterocycles. The summed E-state index contributed by atoms with van der Waals surface area (Å²) in [5, 5.41) is 2.89. The minimum absolute atomic E-state index is 0.196. The molecule has 0 N–H and O–H groups in total. The van der Waals surface area contributed by atoms with Gasteiger partial charge in [-0.25, -0.2) is 0 Å². The molecule has 1 fully saturated rings. The van der Waals surface area contributed by atoms with Gasteiger partial charge in [0, 0.05) is 28.6 Å². The van der Waals surface area contributed by atoms with Gasteiger partial charge >= 0.3 is 0 Å². The van der Waals surface area contributed by atoms with Gasteiger partial charge < -0.3 is 4.90 Å². The monoisotopic (exact) mass is 245 g/mol. The van der Waals surface area contributed by atoms with Crippen LogP contribution in [0.3, 0.4) is 0 Å². The lowest BCUT2D eigenvalue weighted by atomic mass is 10.1. The summed E-state index contributed by atoms with van der Waals surface area (Å²) in [5.74, 6) is 0. The van der Waals surface area contributed by atoms with Gasteiger partial charge in [-0.1, -0.05) is 12.1 Å². The smallest absolute Gasteiger partial charge is 0.211 e. The van der Waals surface area contributed by atoms with Crippen LogP contribution < -0.4 is 10.3 Å². The van der Waals surface area contributed by atoms with Crippen molar-refractivity contribution in [3.63, 3.8) is 0 Å². The van der Waals surface area contributed by atoms with Crippen LogP contribution in [0.15, 0.2) is 34.4 Å². The second-order valence-electron chi connectivity index (χ2n) is 4.49. The van der Waals surface area contributed by atoms with Gasteiger partial charge in [-0.15, -0.1) is 11.3 Å². The Morgan fingerprint density at radius 1 is 1.06 bits per heavy atom. The van der Waals surface area contributed by atoms with Crippen molar-refractivity contribution in [2.75, 3.05) is 18.0 Å². The molecule has 0 spiro atoms. The fourth-order valence-electron chi connectivity index (χ4n) is 2.42. The molecule has 1 aliphatic heterocycles. The maximum Gasteiger partial charge on any atom is 0.211 e. The molecule has 3 heteroatoms. The first-order chi connectivity index (χ1) is 8.36. The van der Waals surface area contributed by atoms with Gasteiger partial charge in [-0.2, -0.15) is 0 Å². The highest BCUT2D eigenvalue weighted by Gasteiger charge is 2.15. The van der Waals surface area contributed by atoms with E-state index < -0.39 is 0 Å². The van der Waals surface area contributed by atoms with Gasteiger partial charge in [0.1, 0.15) is 0 Å². The van der Waals surface area contributed by atoms with Crippen molar-refractivity contribution < 1.29 is 0 Å². The molecule has 88 valence electrons. The second-order valence-corrected chi connectivity index (χ2v) is 5.41. The molecule has 2 aromatic rings. The Balaban J connectivity index is 2.11. The Labute approximate surface area is 105 Å². The first-order valence-corrected chi connectivity index (χ1v) is 7.00. The molecule has 0 amide bonds. The molecule has 0 radical (unpaired) electrons. The lowest BCUT2D eigenvalue weighted by Gasteiger charge is -2.28. The summed E-state index contributed by atoms with van der Waals surface area (Å²) in [5.41, 5.74) is 1.09. The van der Waals surface area contributed by atoms with E-state index in [2.05, 4.69) is 4.90 Å². The predicted octanol–water partition coefficient (Wildman–Crippen LogP) is 3.25. The predicted molar refractivity (Wildman–Crippen MR) is 74.2 cm³/mol. The summed E-state index contributed by atoms with van der Waals surface area (Å²) < 4.78 is 1.08. The number of nitrogens with zero attached hydrogens (tertiary/aromatic N) is 1. The van der Waals surface area contributed by atoms with E-state index in [0.29, 0.717) is 0 Å². The van der Waals surface area contributed by atoms with Gasteiger partial charge in [0.25, 0.3) is 0 Å². The minimum Gasteiger partial charge on any atom is -0.368 e. The standard InChI is InChI=1S/C14H15NOS/c16-14-11-6-2-3-7-13(11)17-10-12(14)15-8-4-1-5-9-15/h2-3,6-7,10H,1,4-5,8-9H2. The van der Waals surface area contributed by atoms with E-state index in [1.165, 1.54) is 19.3 Å². The normalized spacial score (nSPS) is 16.4. The fraction of sp³-hybridized carbons (Fsp3) is 0.357. The first kappa shape index (κ1) is 10.8. The van der Waals surface area contributed by atoms with Crippen LogP contribution in [0.2, 0.25) is 0 Å². The summed E-state index contributed by atoms with van der Waals surface area (Å²) in [6.45, 7) is 2.06. The summed E-state index contributed by atoms with van der Waals surface area (Å²) in [4.78, 5) is 14.6. The summed E-state index contributed by atoms with van der Waals surface area (Å²) in [6, 6.07) is 7.87. The SMILES string of the molecule is O=c1c(N2CCCCC2)csc2ccccc12. The lowest BCUT2D eigenvalue weighted by molar-refractivity contribution is 0.577. The number of anilines is 1. The molecular formula is C14H15NOS. The van der Waals surface area contributed by atoms with Crippen molar-refractivity contribution >= 4 is 27.1 Å². The third kappa shape index (κ3) is 1.95. The van der Waals surface area contributed by atoms with Crippen molar-refractivity contribution in [2.45, 2.75) is 19.3 Å². The topological polar surface area (TPSA) is 20.3 Å². The maximum atomic E-state index is 12.4. The number of hydrogen-bond acceptors (Lipinski definition) is 3. The fourth-order valence-corrected chi connectivity index (χ4v) is 3.36. The molecule has 0 bridgehead atoms. The van der Waals surface area contributed by atoms with Crippen molar-refractivity contribution in [3.05, 3.63) is 39.9 Å². The Kier molecular flexibility index (Phi) is 2.85. The molecule has 1 saturated heterocycles. The number of piperidine rings is 1. The van der Waals surface area contributed by atoms with Crippen molar-refractivity contribution in [2.24, 2.45) is 0 Å². The number of benzene rings is 1. The van der Waals surface area contributed by atoms with E-state index >= 15 is 0 Å². The molecule has 2 nitrogen and oxygen atoms in total. The van der Waals surface area contributed by atoms with E-state index in [9.17, 15) is 4.79 Å². The van der Waals surface area contributed by atoms with Gasteiger partial charge in [-0.3, -0.25) is 4.79 Å². The van der Waals surface area contributed by atoms with Crippen molar-refractivity contribution in [1.82, 2.24) is 0 Å². The van der Waals surface area contributed by atoms with E-state index in [0.717, 1.165) is 28.9 Å². The van der Waals surface area contributed by atoms with Crippen LogP contribution in [0.4, 0.5) is 5.69 Å². The largest absolute Gasteiger partial charge is 0.368 e. The molecular weight excluding hydrogens is 230 g/mol. The Morgan fingerprint density at radius 3 is 2.65 bits per heavy atom. The zero-order valence-corrected chi connectivity index (χ0v) is 10.5. The quantitative estimate of drug-likeness (QED) is 0.768. The van der Waals surface area contributed by atoms with Gasteiger partial charge in [0.2, 0.25) is 5.43 Å². The van der Waals surface area contributed by atoms with E-state index in [1.54, 1.807) is 11.3 Å². The van der Waals surface area contributed by atoms with Crippen LogP contribution in [0.5, 0.6) is 0 Å². The third-order valence-electron chi connectivity index (χ3n) is 3.36. The van der Waals surface area contributed by atoms with Crippen LogP contribution in [0.25, 0.3) is 10.1 Å². The highest BCUT2D eigenvalue weighted by molar-refractivity contribution is 7.16. The highest BCUT2D eigenvalue weighted by Crippen LogP contribution is 2.23. The highest BCUT2D eigenvalue weighted by atomic mass is 32.1. The van der Waals surface area contributed by atoms with Crippen molar-refractivity contribution in [1.29, 1.82) is 0 Å². The summed E-state index contributed by atoms with van der Waals surface area (Å²) in [7, 11) is 0. The Morgan fingerprint density at radius 2 is 1.82 bits per heavy atom. The number of hydrogen-bond donors (Lipinski definition) is 0. The average Bonchev–Trinajstić information content (AvgIpc) is 2.40. The zero-order chi connectivity index (χ0) is 11.7. The molecule has 1 aliphatic rings. The van der Waals surface area contributed by atoms with Gasteiger partial charge in [-0.05, 0) is 31.4 Å². The Bertz CT molecular complexity index is 584. The number of rotatable bonds is 1. The minimum atomic E-state index is 0.196. The van der Waals surface area contributed by atoms with Crippen LogP contribution in [-0.4, -0.2) is 13.1 Å². The van der Waals surface area contributed by atoms with E-state index in [4.69, 9.17) is 0 Å². The molecule has 3 rings (SSSR count). The van der Waals surface area contributed by atoms with E-state index in [-0.39, 0.29) is 5.43 Å². The molecule has 17 heavy (non-hydrogen) atoms. The third-order valence-corrected chi connectivity index (χ3v) is 4.31. The molecule has 0 aliphatic carbocycles. The van der Waals surface area contributed by atoms with Gasteiger partial charge in [0.05, 0.1) is 5.69 Å². The van der Waals surface area contributed by atoms with Crippen LogP contribution in [0, 0.1) is 0 Å². The molecule has 1 aromatic carbocycles. The van der Waals surface area contributed by atoms with Crippen LogP contribution >= 0.6 is 11.3 Å². The lowest BCUT2D eigenvalue weighted by Crippen LogP contribution is -2.32. The zero-order valence-electron chi connectivity index (χ0n) is 9.69. The molecule has 0 atom stereocenters. The van der Waals surface area contributed by atoms with Gasteiger partial charge in [0.15, 0.2) is 0 Å². The number of fused-ring (bicyclic) bond motifs is 1. The average molecular weight is 245 g/mol. The molecule has 0 unspecified atom stereocenters. The van der Waals surface area contributed by atoms with Crippen LogP contribution in [-0.2, 0) is 0 Å². The maximum absolute atomic E-state index is 12.4. The summed E-state index contributed by atoms with van der Waals surface area (Å²) in [6.07, 6.45) is 3.70. The van der Waals surface area contributed by atoms with Crippen molar-refractivity contribution in [3.8, 4) is 0 Å². The first-order valence-electron chi connectivity index (χ1n) is 6.12. The Hall–Kier alpha value is -1.35. The second kappa shape index (κ2) is 4.49. The van der Waals surface area contributed by atoms with Crippen LogP contribution in [0.1, 0.15) is 19.3 Å². The molecule has 1 aromatic heterocycles. The summed E-state index contributed by atoms with van der Waals surface area (Å²) >= 11 is 1.67. The van der Waals surface area contributed by atoms with E-state index in [1.807, 2.05) is 29.6 Å². The molecule has 0 saturated carbocycles.